The van der Waals surface area contributed by atoms with Crippen LogP contribution in [0.5, 0.6) is 5.75 Å². The summed E-state index contributed by atoms with van der Waals surface area (Å²) in [5.41, 5.74) is 0.380. The minimum absolute atomic E-state index is 0.209. The van der Waals surface area contributed by atoms with E-state index in [2.05, 4.69) is 5.32 Å². The van der Waals surface area contributed by atoms with Gasteiger partial charge in [-0.3, -0.25) is 9.59 Å². The molecule has 0 saturated carbocycles. The third-order valence-corrected chi connectivity index (χ3v) is 4.15. The fourth-order valence-corrected chi connectivity index (χ4v) is 2.55. The number of carbonyl (C=O) groups excluding carboxylic acids is 2. The molecule has 0 radical (unpaired) electrons. The molecule has 0 saturated heterocycles. The summed E-state index contributed by atoms with van der Waals surface area (Å²) in [5.74, 6) is -5.22. The minimum atomic E-state index is -1.68. The Balaban J connectivity index is 1.59. The second-order valence-electron chi connectivity index (χ2n) is 5.92. The average molecular weight is 420 g/mol. The topological polar surface area (TPSA) is 55.4 Å². The normalized spacial score (nSPS) is 10.5. The lowest BCUT2D eigenvalue weighted by molar-refractivity contribution is -0.118. The Kier molecular flexibility index (Phi) is 6.19. The molecule has 0 aliphatic carbocycles. The van der Waals surface area contributed by atoms with Crippen molar-refractivity contribution in [1.29, 1.82) is 0 Å². The Morgan fingerprint density at radius 3 is 2.03 bits per heavy atom. The number of amides is 1. The average Bonchev–Trinajstić information content (AvgIpc) is 2.73. The van der Waals surface area contributed by atoms with Gasteiger partial charge in [0.15, 0.2) is 29.8 Å². The van der Waals surface area contributed by atoms with Crippen molar-refractivity contribution < 1.29 is 27.5 Å². The number of nitrogens with one attached hydrogen (secondary N) is 1. The van der Waals surface area contributed by atoms with E-state index >= 15 is 0 Å². The molecule has 3 aromatic carbocycles. The third kappa shape index (κ3) is 4.94. The Morgan fingerprint density at radius 1 is 0.828 bits per heavy atom. The molecule has 3 aromatic rings. The van der Waals surface area contributed by atoms with Crippen LogP contribution in [0.2, 0.25) is 5.02 Å². The van der Waals surface area contributed by atoms with Crippen molar-refractivity contribution in [3.05, 3.63) is 94.3 Å². The fourth-order valence-electron chi connectivity index (χ4n) is 2.43. The van der Waals surface area contributed by atoms with Gasteiger partial charge in [0.25, 0.3) is 5.91 Å². The highest BCUT2D eigenvalue weighted by molar-refractivity contribution is 6.30. The van der Waals surface area contributed by atoms with Crippen molar-refractivity contribution in [3.8, 4) is 5.75 Å². The van der Waals surface area contributed by atoms with Gasteiger partial charge in [-0.05, 0) is 60.7 Å². The molecule has 148 valence electrons. The third-order valence-electron chi connectivity index (χ3n) is 3.90. The second-order valence-corrected chi connectivity index (χ2v) is 6.36. The first-order chi connectivity index (χ1) is 13.8. The molecular formula is C21H13ClF3NO3. The Hall–Kier alpha value is -3.32. The van der Waals surface area contributed by atoms with Gasteiger partial charge in [0, 0.05) is 16.1 Å². The standard InChI is InChI=1S/C21H13ClF3NO3/c22-14-5-1-12(2-6-14)21(28)13-3-7-15(8-4-13)29-11-18(27)26-17-10-9-16(23)19(24)20(17)25/h1-10H,11H2,(H,26,27). The van der Waals surface area contributed by atoms with E-state index in [9.17, 15) is 22.8 Å². The molecule has 1 N–H and O–H groups in total. The van der Waals surface area contributed by atoms with E-state index in [0.29, 0.717) is 28.0 Å². The van der Waals surface area contributed by atoms with E-state index in [0.717, 1.165) is 6.07 Å². The van der Waals surface area contributed by atoms with Gasteiger partial charge in [-0.1, -0.05) is 11.6 Å². The predicted octanol–water partition coefficient (Wildman–Crippen LogP) is 5.01. The maximum atomic E-state index is 13.6. The summed E-state index contributed by atoms with van der Waals surface area (Å²) in [7, 11) is 0. The zero-order chi connectivity index (χ0) is 21.0. The molecule has 0 bridgehead atoms. The van der Waals surface area contributed by atoms with Crippen LogP contribution in [0.15, 0.2) is 60.7 Å². The summed E-state index contributed by atoms with van der Waals surface area (Å²) in [6, 6.07) is 14.1. The van der Waals surface area contributed by atoms with Crippen molar-refractivity contribution in [2.45, 2.75) is 0 Å². The van der Waals surface area contributed by atoms with Gasteiger partial charge in [0.05, 0.1) is 5.69 Å². The Bertz CT molecular complexity index is 1050. The van der Waals surface area contributed by atoms with Crippen LogP contribution >= 0.6 is 11.6 Å². The molecule has 4 nitrogen and oxygen atoms in total. The quantitative estimate of drug-likeness (QED) is 0.451. The summed E-state index contributed by atoms with van der Waals surface area (Å²) in [6.07, 6.45) is 0. The molecule has 0 aliphatic rings. The molecule has 0 heterocycles. The number of ketones is 1. The fraction of sp³-hybridized carbons (Fsp3) is 0.0476. The van der Waals surface area contributed by atoms with E-state index in [1.165, 1.54) is 24.3 Å². The molecular weight excluding hydrogens is 407 g/mol. The van der Waals surface area contributed by atoms with Crippen LogP contribution in [0.25, 0.3) is 0 Å². The van der Waals surface area contributed by atoms with Crippen molar-refractivity contribution in [1.82, 2.24) is 0 Å². The summed E-state index contributed by atoms with van der Waals surface area (Å²) < 4.78 is 44.9. The molecule has 0 fully saturated rings. The Morgan fingerprint density at radius 2 is 1.41 bits per heavy atom. The van der Waals surface area contributed by atoms with Crippen LogP contribution in [0.4, 0.5) is 18.9 Å². The monoisotopic (exact) mass is 419 g/mol. The van der Waals surface area contributed by atoms with Crippen molar-refractivity contribution in [2.75, 3.05) is 11.9 Å². The predicted molar refractivity (Wildman–Crippen MR) is 102 cm³/mol. The summed E-state index contributed by atoms with van der Waals surface area (Å²) in [4.78, 5) is 24.2. The van der Waals surface area contributed by atoms with Crippen LogP contribution in [0.1, 0.15) is 15.9 Å². The largest absolute Gasteiger partial charge is 0.484 e. The molecule has 0 aliphatic heterocycles. The van der Waals surface area contributed by atoms with Gasteiger partial charge in [0.1, 0.15) is 5.75 Å². The zero-order valence-corrected chi connectivity index (χ0v) is 15.5. The van der Waals surface area contributed by atoms with Crippen LogP contribution < -0.4 is 10.1 Å². The number of hydrogen-bond donors (Lipinski definition) is 1. The molecule has 0 unspecified atom stereocenters. The number of anilines is 1. The van der Waals surface area contributed by atoms with E-state index in [-0.39, 0.29) is 5.78 Å². The highest BCUT2D eigenvalue weighted by Crippen LogP contribution is 2.20. The molecule has 0 atom stereocenters. The second kappa shape index (κ2) is 8.79. The van der Waals surface area contributed by atoms with E-state index in [1.807, 2.05) is 0 Å². The van der Waals surface area contributed by atoms with Crippen LogP contribution in [-0.2, 0) is 4.79 Å². The van der Waals surface area contributed by atoms with E-state index < -0.39 is 35.7 Å². The number of halogens is 4. The Labute approximate surface area is 168 Å². The first kappa shape index (κ1) is 20.4. The zero-order valence-electron chi connectivity index (χ0n) is 14.7. The smallest absolute Gasteiger partial charge is 0.262 e. The molecule has 3 rings (SSSR count). The summed E-state index contributed by atoms with van der Waals surface area (Å²) >= 11 is 5.80. The molecule has 29 heavy (non-hydrogen) atoms. The maximum Gasteiger partial charge on any atom is 0.262 e. The minimum Gasteiger partial charge on any atom is -0.484 e. The number of benzene rings is 3. The van der Waals surface area contributed by atoms with Gasteiger partial charge in [-0.25, -0.2) is 13.2 Å². The van der Waals surface area contributed by atoms with Crippen LogP contribution in [0, 0.1) is 17.5 Å². The number of hydrogen-bond acceptors (Lipinski definition) is 3. The number of carbonyl (C=O) groups is 2. The first-order valence-corrected chi connectivity index (χ1v) is 8.69. The molecule has 0 aromatic heterocycles. The maximum absolute atomic E-state index is 13.6. The number of rotatable bonds is 6. The van der Waals surface area contributed by atoms with Crippen molar-refractivity contribution >= 4 is 29.0 Å². The highest BCUT2D eigenvalue weighted by Gasteiger charge is 2.15. The van der Waals surface area contributed by atoms with Crippen molar-refractivity contribution in [2.24, 2.45) is 0 Å². The lowest BCUT2D eigenvalue weighted by Gasteiger charge is -2.09. The van der Waals surface area contributed by atoms with Gasteiger partial charge in [-0.15, -0.1) is 0 Å². The summed E-state index contributed by atoms with van der Waals surface area (Å²) in [6.45, 7) is -0.497. The lowest BCUT2D eigenvalue weighted by Crippen LogP contribution is -2.21. The molecule has 8 heteroatoms. The summed E-state index contributed by atoms with van der Waals surface area (Å²) in [5, 5.41) is 2.61. The first-order valence-electron chi connectivity index (χ1n) is 8.31. The number of ether oxygens (including phenoxy) is 1. The van der Waals surface area contributed by atoms with E-state index in [1.54, 1.807) is 24.3 Å². The highest BCUT2D eigenvalue weighted by atomic mass is 35.5. The molecule has 1 amide bonds. The lowest BCUT2D eigenvalue weighted by atomic mass is 10.0. The SMILES string of the molecule is O=C(COc1ccc(C(=O)c2ccc(Cl)cc2)cc1)Nc1ccc(F)c(F)c1F. The van der Waals surface area contributed by atoms with Gasteiger partial charge >= 0.3 is 0 Å². The van der Waals surface area contributed by atoms with Gasteiger partial charge in [-0.2, -0.15) is 0 Å². The molecule has 0 spiro atoms. The van der Waals surface area contributed by atoms with Crippen LogP contribution in [-0.4, -0.2) is 18.3 Å². The van der Waals surface area contributed by atoms with E-state index in [4.69, 9.17) is 16.3 Å². The van der Waals surface area contributed by atoms with Gasteiger partial charge < -0.3 is 10.1 Å². The van der Waals surface area contributed by atoms with Crippen LogP contribution in [0.3, 0.4) is 0 Å². The van der Waals surface area contributed by atoms with Crippen molar-refractivity contribution in [3.63, 3.8) is 0 Å². The van der Waals surface area contributed by atoms with Gasteiger partial charge in [0.2, 0.25) is 0 Å².